The molecule has 2 amide bonds. The number of amides is 2. The minimum absolute atomic E-state index is 0.0176. The largest absolute Gasteiger partial charge is 0.462 e. The molecule has 0 atom stereocenters. The van der Waals surface area contributed by atoms with Crippen LogP contribution in [0.3, 0.4) is 0 Å². The van der Waals surface area contributed by atoms with Crippen LogP contribution in [0.25, 0.3) is 11.3 Å². The Balaban J connectivity index is 1.50. The molecule has 0 saturated carbocycles. The van der Waals surface area contributed by atoms with Crippen molar-refractivity contribution < 1.29 is 28.6 Å². The van der Waals surface area contributed by atoms with Crippen LogP contribution in [0.5, 0.6) is 11.5 Å². The van der Waals surface area contributed by atoms with Crippen LogP contribution < -0.4 is 25.0 Å². The van der Waals surface area contributed by atoms with E-state index in [1.54, 1.807) is 43.1 Å². The molecule has 2 heterocycles. The van der Waals surface area contributed by atoms with Gasteiger partial charge in [-0.15, -0.1) is 0 Å². The fourth-order valence-corrected chi connectivity index (χ4v) is 4.64. The van der Waals surface area contributed by atoms with Crippen LogP contribution >= 0.6 is 0 Å². The highest BCUT2D eigenvalue weighted by molar-refractivity contribution is 6.37. The lowest BCUT2D eigenvalue weighted by atomic mass is 9.98. The number of fused-ring (bicyclic) bond motifs is 2. The van der Waals surface area contributed by atoms with Gasteiger partial charge in [0.15, 0.2) is 11.5 Å². The molecule has 212 valence electrons. The molecule has 0 unspecified atom stereocenters. The Morgan fingerprint density at radius 3 is 2.41 bits per heavy atom. The second-order valence-corrected chi connectivity index (χ2v) is 9.93. The van der Waals surface area contributed by atoms with Crippen molar-refractivity contribution in [3.63, 3.8) is 0 Å². The van der Waals surface area contributed by atoms with E-state index >= 15 is 0 Å². The van der Waals surface area contributed by atoms with Crippen LogP contribution in [0.1, 0.15) is 34.8 Å². The molecule has 0 radical (unpaired) electrons. The van der Waals surface area contributed by atoms with E-state index in [1.807, 2.05) is 55.4 Å². The quantitative estimate of drug-likeness (QED) is 0.294. The first-order valence-corrected chi connectivity index (χ1v) is 13.3. The Hall–Kier alpha value is -4.83. The fraction of sp³-hybridized carbons (Fsp3) is 0.258. The van der Waals surface area contributed by atoms with E-state index in [0.717, 1.165) is 5.69 Å². The summed E-state index contributed by atoms with van der Waals surface area (Å²) in [6.07, 6.45) is 0.413. The van der Waals surface area contributed by atoms with Gasteiger partial charge in [-0.3, -0.25) is 9.59 Å². The van der Waals surface area contributed by atoms with Gasteiger partial charge in [-0.05, 0) is 75.6 Å². The predicted molar refractivity (Wildman–Crippen MR) is 157 cm³/mol. The molecule has 3 aromatic carbocycles. The Labute approximate surface area is 238 Å². The van der Waals surface area contributed by atoms with Crippen molar-refractivity contribution in [2.75, 3.05) is 56.6 Å². The zero-order valence-electron chi connectivity index (χ0n) is 23.4. The Morgan fingerprint density at radius 2 is 1.68 bits per heavy atom. The maximum atomic E-state index is 13.4. The van der Waals surface area contributed by atoms with E-state index in [9.17, 15) is 14.4 Å². The lowest BCUT2D eigenvalue weighted by Gasteiger charge is -2.20. The average Bonchev–Trinajstić information content (AvgIpc) is 3.57. The van der Waals surface area contributed by atoms with Crippen LogP contribution in [-0.2, 0) is 14.3 Å². The second-order valence-electron chi connectivity index (χ2n) is 9.93. The number of nitrogens with one attached hydrogen (secondary N) is 2. The molecular formula is C31H32N4O6. The van der Waals surface area contributed by atoms with Crippen LogP contribution in [0.15, 0.2) is 60.7 Å². The van der Waals surface area contributed by atoms with Crippen molar-refractivity contribution in [1.82, 2.24) is 4.90 Å². The average molecular weight is 557 g/mol. The highest BCUT2D eigenvalue weighted by Gasteiger charge is 2.30. The zero-order valence-corrected chi connectivity index (χ0v) is 23.4. The van der Waals surface area contributed by atoms with Crippen molar-refractivity contribution in [2.45, 2.75) is 13.3 Å². The standard InChI is InChI=1S/C31H32N4O6/c1-5-39-31(38)20-6-12-23-24(16-20)33-30(37)28(23)29(19-7-13-25-26(17-19)41-18-40-25)32-21-8-10-22(11-9-21)35(4)27(36)14-15-34(2)3/h6-13,16-17,32H,5,14-15,18H2,1-4H3,(H,33,37). The van der Waals surface area contributed by atoms with E-state index in [-0.39, 0.29) is 25.2 Å². The molecule has 2 aliphatic heterocycles. The first-order chi connectivity index (χ1) is 19.7. The summed E-state index contributed by atoms with van der Waals surface area (Å²) in [6, 6.07) is 17.9. The highest BCUT2D eigenvalue weighted by atomic mass is 16.7. The van der Waals surface area contributed by atoms with Crippen molar-refractivity contribution in [3.05, 3.63) is 77.4 Å². The monoisotopic (exact) mass is 556 g/mol. The first kappa shape index (κ1) is 27.7. The van der Waals surface area contributed by atoms with E-state index < -0.39 is 5.97 Å². The maximum Gasteiger partial charge on any atom is 0.338 e. The van der Waals surface area contributed by atoms with Gasteiger partial charge in [-0.25, -0.2) is 4.79 Å². The predicted octanol–water partition coefficient (Wildman–Crippen LogP) is 4.44. The van der Waals surface area contributed by atoms with Crippen molar-refractivity contribution in [3.8, 4) is 11.5 Å². The van der Waals surface area contributed by atoms with Crippen LogP contribution in [-0.4, -0.2) is 63.8 Å². The molecule has 0 saturated heterocycles. The third kappa shape index (κ3) is 5.87. The number of ether oxygens (including phenoxy) is 3. The molecular weight excluding hydrogens is 524 g/mol. The molecule has 10 nitrogen and oxygen atoms in total. The lowest BCUT2D eigenvalue weighted by Crippen LogP contribution is -2.29. The van der Waals surface area contributed by atoms with Gasteiger partial charge in [0.05, 0.1) is 29.1 Å². The molecule has 2 N–H and O–H groups in total. The second kappa shape index (κ2) is 11.7. The zero-order chi connectivity index (χ0) is 29.1. The molecule has 41 heavy (non-hydrogen) atoms. The number of hydrogen-bond acceptors (Lipinski definition) is 8. The summed E-state index contributed by atoms with van der Waals surface area (Å²) >= 11 is 0. The summed E-state index contributed by atoms with van der Waals surface area (Å²) in [5, 5.41) is 6.29. The summed E-state index contributed by atoms with van der Waals surface area (Å²) in [4.78, 5) is 41.9. The number of hydrogen-bond donors (Lipinski definition) is 2. The Bertz CT molecular complexity index is 1530. The summed E-state index contributed by atoms with van der Waals surface area (Å²) < 4.78 is 16.2. The van der Waals surface area contributed by atoms with E-state index in [1.165, 1.54) is 0 Å². The highest BCUT2D eigenvalue weighted by Crippen LogP contribution is 2.41. The number of carbonyl (C=O) groups excluding carboxylic acids is 3. The molecule has 0 aromatic heterocycles. The van der Waals surface area contributed by atoms with Gasteiger partial charge >= 0.3 is 5.97 Å². The van der Waals surface area contributed by atoms with Crippen molar-refractivity contribution in [1.29, 1.82) is 0 Å². The normalized spacial score (nSPS) is 14.4. The van der Waals surface area contributed by atoms with Gasteiger partial charge in [0.1, 0.15) is 0 Å². The Morgan fingerprint density at radius 1 is 0.951 bits per heavy atom. The summed E-state index contributed by atoms with van der Waals surface area (Å²) in [7, 11) is 5.62. The molecule has 0 fully saturated rings. The van der Waals surface area contributed by atoms with Crippen molar-refractivity contribution in [2.24, 2.45) is 0 Å². The molecule has 2 aliphatic rings. The molecule has 10 heteroatoms. The summed E-state index contributed by atoms with van der Waals surface area (Å²) in [6.45, 7) is 2.79. The molecule has 0 spiro atoms. The Kier molecular flexibility index (Phi) is 7.93. The van der Waals surface area contributed by atoms with Crippen LogP contribution in [0.4, 0.5) is 17.1 Å². The third-order valence-electron chi connectivity index (χ3n) is 6.86. The van der Waals surface area contributed by atoms with Gasteiger partial charge in [-0.1, -0.05) is 6.07 Å². The van der Waals surface area contributed by atoms with Gasteiger partial charge in [0, 0.05) is 42.5 Å². The van der Waals surface area contributed by atoms with Gasteiger partial charge in [0.2, 0.25) is 12.7 Å². The number of esters is 1. The smallest absolute Gasteiger partial charge is 0.338 e. The van der Waals surface area contributed by atoms with Crippen molar-refractivity contribution >= 4 is 46.1 Å². The van der Waals surface area contributed by atoms with E-state index in [0.29, 0.717) is 63.8 Å². The minimum Gasteiger partial charge on any atom is -0.462 e. The lowest BCUT2D eigenvalue weighted by molar-refractivity contribution is -0.118. The van der Waals surface area contributed by atoms with Gasteiger partial charge in [-0.2, -0.15) is 0 Å². The van der Waals surface area contributed by atoms with Gasteiger partial charge < -0.3 is 34.6 Å². The summed E-state index contributed by atoms with van der Waals surface area (Å²) in [5.41, 5.74) is 4.65. The van der Waals surface area contributed by atoms with E-state index in [2.05, 4.69) is 10.6 Å². The first-order valence-electron chi connectivity index (χ1n) is 13.3. The number of anilines is 3. The number of benzene rings is 3. The minimum atomic E-state index is -0.457. The number of nitrogens with zero attached hydrogens (tertiary/aromatic N) is 2. The van der Waals surface area contributed by atoms with E-state index in [4.69, 9.17) is 14.2 Å². The van der Waals surface area contributed by atoms with Crippen LogP contribution in [0.2, 0.25) is 0 Å². The maximum absolute atomic E-state index is 13.4. The fourth-order valence-electron chi connectivity index (χ4n) is 4.64. The topological polar surface area (TPSA) is 109 Å². The summed E-state index contributed by atoms with van der Waals surface area (Å²) in [5.74, 6) is 0.445. The molecule has 0 bridgehead atoms. The molecule has 0 aliphatic carbocycles. The van der Waals surface area contributed by atoms with Gasteiger partial charge in [0.25, 0.3) is 5.91 Å². The SMILES string of the molecule is CCOC(=O)c1ccc2c(c1)NC(=O)C2=C(Nc1ccc(N(C)C(=O)CCN(C)C)cc1)c1ccc2c(c1)OCO2. The molecule has 3 aromatic rings. The number of carbonyl (C=O) groups is 3. The molecule has 5 rings (SSSR count). The third-order valence-corrected chi connectivity index (χ3v) is 6.86. The number of rotatable bonds is 9. The van der Waals surface area contributed by atoms with Crippen LogP contribution in [0, 0.1) is 0 Å².